The Hall–Kier alpha value is -4.16. The minimum absolute atomic E-state index is 0.0573. The van der Waals surface area contributed by atoms with Crippen molar-refractivity contribution in [1.82, 2.24) is 14.9 Å². The van der Waals surface area contributed by atoms with Crippen molar-refractivity contribution in [2.75, 3.05) is 36.5 Å². The number of hydrogen-bond donors (Lipinski definition) is 3. The number of carbonyl (C=O) groups excluding carboxylic acids is 2. The molecule has 0 spiro atoms. The highest BCUT2D eigenvalue weighted by Crippen LogP contribution is 2.37. The predicted octanol–water partition coefficient (Wildman–Crippen LogP) is 1.60. The Morgan fingerprint density at radius 3 is 2.87 bits per heavy atom. The molecule has 4 N–H and O–H groups in total. The monoisotopic (exact) mass is 534 g/mol. The van der Waals surface area contributed by atoms with Crippen molar-refractivity contribution < 1.29 is 23.8 Å². The van der Waals surface area contributed by atoms with Gasteiger partial charge in [0.25, 0.3) is 11.5 Å². The number of rotatable bonds is 8. The van der Waals surface area contributed by atoms with Crippen molar-refractivity contribution >= 4 is 34.5 Å². The Bertz CT molecular complexity index is 1470. The van der Waals surface area contributed by atoms with Crippen LogP contribution < -0.4 is 36.3 Å². The highest BCUT2D eigenvalue weighted by molar-refractivity contribution is 5.95. The molecule has 3 atom stereocenters. The molecule has 12 nitrogen and oxygen atoms in total. The lowest BCUT2D eigenvalue weighted by Crippen LogP contribution is -2.46. The van der Waals surface area contributed by atoms with Crippen LogP contribution in [0.5, 0.6) is 11.5 Å². The van der Waals surface area contributed by atoms with Gasteiger partial charge >= 0.3 is 6.09 Å². The van der Waals surface area contributed by atoms with E-state index in [1.54, 1.807) is 27.7 Å². The van der Waals surface area contributed by atoms with E-state index in [4.69, 9.17) is 19.9 Å². The van der Waals surface area contributed by atoms with E-state index in [-0.39, 0.29) is 36.3 Å². The van der Waals surface area contributed by atoms with Crippen molar-refractivity contribution in [1.29, 1.82) is 0 Å². The standard InChI is InChI=1S/C27H30N6O6/c28-9-12-37-18-4-1-16-2-8-25(35)32(20(16)14-18)11-10-29-17-3-5-19-22(13-17)39-27(36)33(19)23-7-6-21-26(30-23)31-24(34)15-38-21/h1-2,4,6-8,14,17,19,22,29H,3,5,9-13,15,28H2,(H,30,31,34)/t17-,19-,22-/m1/s1. The first-order valence-electron chi connectivity index (χ1n) is 13.1. The average molecular weight is 535 g/mol. The Morgan fingerprint density at radius 2 is 2.00 bits per heavy atom. The molecule has 4 heterocycles. The molecule has 204 valence electrons. The molecular formula is C27H30N6O6. The van der Waals surface area contributed by atoms with Crippen LogP contribution >= 0.6 is 0 Å². The van der Waals surface area contributed by atoms with Crippen LogP contribution in [0.3, 0.4) is 0 Å². The van der Waals surface area contributed by atoms with Crippen molar-refractivity contribution in [2.24, 2.45) is 5.73 Å². The third kappa shape index (κ3) is 5.00. The number of anilines is 2. The SMILES string of the molecule is NCCOc1ccc2ccc(=O)n(CCN[C@@H]3CC[C@@H]4[C@@H](C3)OC(=O)N4c3ccc4c(n3)NC(=O)CO4)c2c1. The second-order valence-electron chi connectivity index (χ2n) is 9.86. The van der Waals surface area contributed by atoms with Crippen molar-refractivity contribution in [3.63, 3.8) is 0 Å². The third-order valence-electron chi connectivity index (χ3n) is 7.36. The fraction of sp³-hybridized carbons (Fsp3) is 0.407. The number of ether oxygens (including phenoxy) is 3. The van der Waals surface area contributed by atoms with Crippen LogP contribution in [0.4, 0.5) is 16.4 Å². The lowest BCUT2D eigenvalue weighted by atomic mass is 9.88. The number of hydrogen-bond acceptors (Lipinski definition) is 9. The first-order chi connectivity index (χ1) is 19.0. The van der Waals surface area contributed by atoms with Crippen LogP contribution in [-0.4, -0.2) is 66.0 Å². The van der Waals surface area contributed by atoms with Gasteiger partial charge in [0.05, 0.1) is 11.6 Å². The summed E-state index contributed by atoms with van der Waals surface area (Å²) in [4.78, 5) is 43.2. The van der Waals surface area contributed by atoms with Gasteiger partial charge < -0.3 is 35.1 Å². The topological polar surface area (TPSA) is 150 Å². The fourth-order valence-corrected chi connectivity index (χ4v) is 5.54. The smallest absolute Gasteiger partial charge is 0.416 e. The second-order valence-corrected chi connectivity index (χ2v) is 9.86. The normalized spacial score (nSPS) is 22.1. The number of nitrogens with two attached hydrogens (primary N) is 1. The molecule has 0 bridgehead atoms. The van der Waals surface area contributed by atoms with E-state index >= 15 is 0 Å². The van der Waals surface area contributed by atoms with Gasteiger partial charge in [-0.2, -0.15) is 0 Å². The maximum Gasteiger partial charge on any atom is 0.416 e. The van der Waals surface area contributed by atoms with Crippen molar-refractivity contribution in [2.45, 2.75) is 44.0 Å². The maximum absolute atomic E-state index is 12.8. The Kier molecular flexibility index (Phi) is 6.79. The number of nitrogens with one attached hydrogen (secondary N) is 2. The molecule has 3 aromatic rings. The molecule has 0 unspecified atom stereocenters. The summed E-state index contributed by atoms with van der Waals surface area (Å²) in [5.74, 6) is 1.59. The summed E-state index contributed by atoms with van der Waals surface area (Å²) in [5, 5.41) is 7.18. The van der Waals surface area contributed by atoms with E-state index in [9.17, 15) is 14.4 Å². The molecule has 1 aromatic carbocycles. The zero-order valence-electron chi connectivity index (χ0n) is 21.3. The van der Waals surface area contributed by atoms with Crippen LogP contribution in [0.2, 0.25) is 0 Å². The molecule has 2 fully saturated rings. The molecular weight excluding hydrogens is 504 g/mol. The van der Waals surface area contributed by atoms with E-state index < -0.39 is 6.09 Å². The maximum atomic E-state index is 12.8. The van der Waals surface area contributed by atoms with Crippen LogP contribution in [0, 0.1) is 0 Å². The molecule has 1 saturated heterocycles. The van der Waals surface area contributed by atoms with Gasteiger partial charge in [0, 0.05) is 44.2 Å². The third-order valence-corrected chi connectivity index (χ3v) is 7.36. The number of pyridine rings is 2. The number of benzene rings is 1. The van der Waals surface area contributed by atoms with Gasteiger partial charge in [-0.1, -0.05) is 0 Å². The van der Waals surface area contributed by atoms with E-state index in [0.29, 0.717) is 55.8 Å². The van der Waals surface area contributed by atoms with E-state index in [1.165, 1.54) is 0 Å². The van der Waals surface area contributed by atoms with Crippen LogP contribution in [0.15, 0.2) is 47.3 Å². The van der Waals surface area contributed by atoms with Gasteiger partial charge in [0.1, 0.15) is 24.3 Å². The first-order valence-corrected chi connectivity index (χ1v) is 13.1. The van der Waals surface area contributed by atoms with E-state index in [2.05, 4.69) is 15.6 Å². The lowest BCUT2D eigenvalue weighted by molar-refractivity contribution is -0.118. The molecule has 1 saturated carbocycles. The first kappa shape index (κ1) is 25.1. The molecule has 3 aliphatic rings. The van der Waals surface area contributed by atoms with Crippen molar-refractivity contribution in [3.8, 4) is 11.5 Å². The lowest BCUT2D eigenvalue weighted by Gasteiger charge is -2.33. The highest BCUT2D eigenvalue weighted by Gasteiger charge is 2.46. The number of carbonyl (C=O) groups is 2. The van der Waals surface area contributed by atoms with Gasteiger partial charge in [0.2, 0.25) is 0 Å². The number of aromatic nitrogens is 2. The Labute approximate surface area is 224 Å². The van der Waals surface area contributed by atoms with Crippen molar-refractivity contribution in [3.05, 3.63) is 52.8 Å². The van der Waals surface area contributed by atoms with E-state index in [0.717, 1.165) is 23.7 Å². The average Bonchev–Trinajstić information content (AvgIpc) is 3.27. The van der Waals surface area contributed by atoms with Gasteiger partial charge in [0.15, 0.2) is 18.2 Å². The molecule has 12 heteroatoms. The van der Waals surface area contributed by atoms with Gasteiger partial charge in [-0.3, -0.25) is 14.5 Å². The predicted molar refractivity (Wildman–Crippen MR) is 143 cm³/mol. The van der Waals surface area contributed by atoms with Gasteiger partial charge in [-0.25, -0.2) is 9.78 Å². The van der Waals surface area contributed by atoms with Crippen LogP contribution in [0.1, 0.15) is 19.3 Å². The van der Waals surface area contributed by atoms with Crippen LogP contribution in [0.25, 0.3) is 10.9 Å². The summed E-state index contributed by atoms with van der Waals surface area (Å²) in [6.45, 7) is 1.83. The molecule has 0 radical (unpaired) electrons. The van der Waals surface area contributed by atoms with Crippen LogP contribution in [-0.2, 0) is 16.1 Å². The highest BCUT2D eigenvalue weighted by atomic mass is 16.6. The number of amides is 2. The zero-order chi connectivity index (χ0) is 26.9. The van der Waals surface area contributed by atoms with Gasteiger partial charge in [-0.15, -0.1) is 0 Å². The summed E-state index contributed by atoms with van der Waals surface area (Å²) in [7, 11) is 0. The molecule has 6 rings (SSSR count). The summed E-state index contributed by atoms with van der Waals surface area (Å²) in [6.07, 6.45) is 1.48. The Balaban J connectivity index is 1.10. The molecule has 2 aromatic heterocycles. The largest absolute Gasteiger partial charge is 0.492 e. The zero-order valence-corrected chi connectivity index (χ0v) is 21.3. The second kappa shape index (κ2) is 10.5. The quantitative estimate of drug-likeness (QED) is 0.392. The Morgan fingerprint density at radius 1 is 1.13 bits per heavy atom. The minimum Gasteiger partial charge on any atom is -0.492 e. The van der Waals surface area contributed by atoms with E-state index in [1.807, 2.05) is 24.3 Å². The summed E-state index contributed by atoms with van der Waals surface area (Å²) in [6, 6.07) is 12.5. The molecule has 2 aliphatic heterocycles. The molecule has 39 heavy (non-hydrogen) atoms. The minimum atomic E-state index is -0.448. The summed E-state index contributed by atoms with van der Waals surface area (Å²) in [5.41, 5.74) is 6.27. The molecule has 2 amide bonds. The molecule has 1 aliphatic carbocycles. The summed E-state index contributed by atoms with van der Waals surface area (Å²) >= 11 is 0. The number of fused-ring (bicyclic) bond motifs is 3. The fourth-order valence-electron chi connectivity index (χ4n) is 5.54. The summed E-state index contributed by atoms with van der Waals surface area (Å²) < 4.78 is 18.5. The van der Waals surface area contributed by atoms with Gasteiger partial charge in [-0.05, 0) is 48.6 Å². The number of nitrogens with zero attached hydrogens (tertiary/aromatic N) is 3.